The van der Waals surface area contributed by atoms with Gasteiger partial charge in [0.2, 0.25) is 5.91 Å². The van der Waals surface area contributed by atoms with Crippen molar-refractivity contribution < 1.29 is 19.4 Å². The van der Waals surface area contributed by atoms with E-state index in [1.54, 1.807) is 0 Å². The van der Waals surface area contributed by atoms with E-state index in [1.807, 2.05) is 48.5 Å². The third kappa shape index (κ3) is 6.85. The summed E-state index contributed by atoms with van der Waals surface area (Å²) in [5, 5.41) is 12.0. The second-order valence-corrected chi connectivity index (χ2v) is 5.96. The van der Waals surface area contributed by atoms with Crippen LogP contribution in [-0.2, 0) is 22.6 Å². The van der Waals surface area contributed by atoms with Crippen LogP contribution in [0.2, 0.25) is 5.02 Å². The minimum atomic E-state index is -0.977. The van der Waals surface area contributed by atoms with Crippen LogP contribution in [0.25, 0.3) is 0 Å². The van der Waals surface area contributed by atoms with Gasteiger partial charge in [-0.05, 0) is 35.7 Å². The van der Waals surface area contributed by atoms with E-state index in [-0.39, 0.29) is 18.7 Å². The molecule has 25 heavy (non-hydrogen) atoms. The first-order chi connectivity index (χ1) is 12.0. The summed E-state index contributed by atoms with van der Waals surface area (Å²) in [4.78, 5) is 22.0. The Morgan fingerprint density at radius 1 is 1.08 bits per heavy atom. The highest BCUT2D eigenvalue weighted by Crippen LogP contribution is 2.20. The molecule has 6 heteroatoms. The number of halogens is 1. The standard InChI is InChI=1S/C19H20ClNO4/c20-16-6-3-4-14(12-16)13-25-17-7-2-1-5-15(17)10-11-21-18(22)8-9-19(23)24/h1-7,12H,8-11,13H2,(H,21,22)(H,23,24). The molecule has 0 aliphatic carbocycles. The van der Waals surface area contributed by atoms with Crippen molar-refractivity contribution in [2.45, 2.75) is 25.9 Å². The number of ether oxygens (including phenoxy) is 1. The number of rotatable bonds is 9. The van der Waals surface area contributed by atoms with Crippen molar-refractivity contribution in [1.82, 2.24) is 5.32 Å². The number of amides is 1. The summed E-state index contributed by atoms with van der Waals surface area (Å²) in [5.41, 5.74) is 1.95. The first-order valence-electron chi connectivity index (χ1n) is 7.98. The fraction of sp³-hybridized carbons (Fsp3) is 0.263. The second kappa shape index (κ2) is 9.69. The highest BCUT2D eigenvalue weighted by Gasteiger charge is 2.07. The molecule has 0 radical (unpaired) electrons. The Morgan fingerprint density at radius 3 is 2.64 bits per heavy atom. The molecule has 0 spiro atoms. The minimum Gasteiger partial charge on any atom is -0.489 e. The Labute approximate surface area is 151 Å². The number of hydrogen-bond donors (Lipinski definition) is 2. The Hall–Kier alpha value is -2.53. The van der Waals surface area contributed by atoms with E-state index < -0.39 is 5.97 Å². The normalized spacial score (nSPS) is 10.3. The van der Waals surface area contributed by atoms with E-state index in [1.165, 1.54) is 0 Å². The van der Waals surface area contributed by atoms with Crippen LogP contribution in [-0.4, -0.2) is 23.5 Å². The fourth-order valence-electron chi connectivity index (χ4n) is 2.28. The molecule has 5 nitrogen and oxygen atoms in total. The SMILES string of the molecule is O=C(O)CCC(=O)NCCc1ccccc1OCc1cccc(Cl)c1. The zero-order chi connectivity index (χ0) is 18.1. The summed E-state index contributed by atoms with van der Waals surface area (Å²) in [5.74, 6) is -0.489. The van der Waals surface area contributed by atoms with Crippen LogP contribution in [0, 0.1) is 0 Å². The van der Waals surface area contributed by atoms with Gasteiger partial charge in [-0.3, -0.25) is 9.59 Å². The van der Waals surface area contributed by atoms with Gasteiger partial charge in [0.05, 0.1) is 6.42 Å². The molecule has 0 saturated carbocycles. The zero-order valence-electron chi connectivity index (χ0n) is 13.7. The monoisotopic (exact) mass is 361 g/mol. The molecule has 1 amide bonds. The molecule has 0 aliphatic rings. The lowest BCUT2D eigenvalue weighted by Crippen LogP contribution is -2.26. The van der Waals surface area contributed by atoms with E-state index in [4.69, 9.17) is 21.4 Å². The quantitative estimate of drug-likeness (QED) is 0.717. The fourth-order valence-corrected chi connectivity index (χ4v) is 2.50. The molecule has 2 aromatic rings. The van der Waals surface area contributed by atoms with E-state index in [0.717, 1.165) is 16.9 Å². The van der Waals surface area contributed by atoms with Gasteiger partial charge in [0.15, 0.2) is 0 Å². The van der Waals surface area contributed by atoms with Gasteiger partial charge in [-0.1, -0.05) is 41.9 Å². The number of carbonyl (C=O) groups excluding carboxylic acids is 1. The Bertz CT molecular complexity index is 733. The number of aliphatic carboxylic acids is 1. The molecular weight excluding hydrogens is 342 g/mol. The predicted octanol–water partition coefficient (Wildman–Crippen LogP) is 3.44. The van der Waals surface area contributed by atoms with Gasteiger partial charge in [-0.25, -0.2) is 0 Å². The molecule has 2 N–H and O–H groups in total. The molecule has 0 aliphatic heterocycles. The largest absolute Gasteiger partial charge is 0.489 e. The lowest BCUT2D eigenvalue weighted by molar-refractivity contribution is -0.138. The summed E-state index contributed by atoms with van der Waals surface area (Å²) >= 11 is 5.97. The van der Waals surface area contributed by atoms with Crippen LogP contribution in [0.15, 0.2) is 48.5 Å². The lowest BCUT2D eigenvalue weighted by atomic mass is 10.1. The maximum atomic E-state index is 11.5. The average Bonchev–Trinajstić information content (AvgIpc) is 2.59. The predicted molar refractivity (Wildman–Crippen MR) is 95.8 cm³/mol. The van der Waals surface area contributed by atoms with Crippen molar-refractivity contribution in [3.63, 3.8) is 0 Å². The van der Waals surface area contributed by atoms with Gasteiger partial charge >= 0.3 is 5.97 Å². The molecule has 0 atom stereocenters. The van der Waals surface area contributed by atoms with Crippen LogP contribution >= 0.6 is 11.6 Å². The molecule has 132 valence electrons. The number of carboxylic acid groups (broad SMARTS) is 1. The number of nitrogens with one attached hydrogen (secondary N) is 1. The zero-order valence-corrected chi connectivity index (χ0v) is 14.5. The van der Waals surface area contributed by atoms with E-state index in [2.05, 4.69) is 5.32 Å². The van der Waals surface area contributed by atoms with Gasteiger partial charge in [-0.2, -0.15) is 0 Å². The van der Waals surface area contributed by atoms with Crippen LogP contribution < -0.4 is 10.1 Å². The number of carboxylic acids is 1. The third-order valence-corrected chi connectivity index (χ3v) is 3.77. The van der Waals surface area contributed by atoms with Crippen molar-refractivity contribution >= 4 is 23.5 Å². The van der Waals surface area contributed by atoms with Gasteiger partial charge in [0.25, 0.3) is 0 Å². The van der Waals surface area contributed by atoms with Crippen LogP contribution in [0.4, 0.5) is 0 Å². The molecule has 0 heterocycles. The van der Waals surface area contributed by atoms with Gasteiger partial charge in [-0.15, -0.1) is 0 Å². The molecule has 2 aromatic carbocycles. The second-order valence-electron chi connectivity index (χ2n) is 5.52. The number of benzene rings is 2. The highest BCUT2D eigenvalue weighted by atomic mass is 35.5. The molecule has 0 fully saturated rings. The molecular formula is C19H20ClNO4. The van der Waals surface area contributed by atoms with Crippen LogP contribution in [0.1, 0.15) is 24.0 Å². The van der Waals surface area contributed by atoms with Crippen molar-refractivity contribution in [3.05, 3.63) is 64.7 Å². The maximum absolute atomic E-state index is 11.5. The molecule has 0 aromatic heterocycles. The molecule has 2 rings (SSSR count). The first kappa shape index (κ1) is 18.8. The van der Waals surface area contributed by atoms with Crippen molar-refractivity contribution in [1.29, 1.82) is 0 Å². The third-order valence-electron chi connectivity index (χ3n) is 3.54. The highest BCUT2D eigenvalue weighted by molar-refractivity contribution is 6.30. The average molecular weight is 362 g/mol. The summed E-state index contributed by atoms with van der Waals surface area (Å²) in [6.45, 7) is 0.832. The van der Waals surface area contributed by atoms with Gasteiger partial charge in [0.1, 0.15) is 12.4 Å². The smallest absolute Gasteiger partial charge is 0.303 e. The van der Waals surface area contributed by atoms with Crippen molar-refractivity contribution in [2.24, 2.45) is 0 Å². The van der Waals surface area contributed by atoms with Crippen LogP contribution in [0.5, 0.6) is 5.75 Å². The molecule has 0 unspecified atom stereocenters. The van der Waals surface area contributed by atoms with Gasteiger partial charge in [0, 0.05) is 18.0 Å². The van der Waals surface area contributed by atoms with Gasteiger partial charge < -0.3 is 15.2 Å². The minimum absolute atomic E-state index is 0.0117. The van der Waals surface area contributed by atoms with Crippen molar-refractivity contribution in [2.75, 3.05) is 6.54 Å². The Morgan fingerprint density at radius 2 is 1.88 bits per heavy atom. The lowest BCUT2D eigenvalue weighted by Gasteiger charge is -2.12. The van der Waals surface area contributed by atoms with E-state index in [0.29, 0.717) is 24.6 Å². The Balaban J connectivity index is 1.85. The summed E-state index contributed by atoms with van der Waals surface area (Å²) in [6.07, 6.45) is 0.429. The first-order valence-corrected chi connectivity index (χ1v) is 8.36. The maximum Gasteiger partial charge on any atom is 0.303 e. The summed E-state index contributed by atoms with van der Waals surface area (Å²) < 4.78 is 5.87. The molecule has 0 bridgehead atoms. The van der Waals surface area contributed by atoms with Crippen molar-refractivity contribution in [3.8, 4) is 5.75 Å². The summed E-state index contributed by atoms with van der Waals surface area (Å²) in [7, 11) is 0. The number of hydrogen-bond acceptors (Lipinski definition) is 3. The van der Waals surface area contributed by atoms with E-state index >= 15 is 0 Å². The number of para-hydroxylation sites is 1. The topological polar surface area (TPSA) is 75.6 Å². The Kier molecular flexibility index (Phi) is 7.29. The molecule has 0 saturated heterocycles. The van der Waals surface area contributed by atoms with Crippen LogP contribution in [0.3, 0.4) is 0 Å². The summed E-state index contributed by atoms with van der Waals surface area (Å²) in [6, 6.07) is 15.1. The number of carbonyl (C=O) groups is 2. The van der Waals surface area contributed by atoms with E-state index in [9.17, 15) is 9.59 Å².